The van der Waals surface area contributed by atoms with Crippen LogP contribution in [0.5, 0.6) is 0 Å². The number of likely N-dealkylation sites (tertiary alicyclic amines) is 1. The third-order valence-corrected chi connectivity index (χ3v) is 6.59. The van der Waals surface area contributed by atoms with Crippen LogP contribution in [0.15, 0.2) is 48.5 Å². The van der Waals surface area contributed by atoms with Gasteiger partial charge in [-0.15, -0.1) is 0 Å². The van der Waals surface area contributed by atoms with Crippen molar-refractivity contribution in [3.8, 4) is 6.07 Å². The molecule has 1 heterocycles. The van der Waals surface area contributed by atoms with E-state index in [1.54, 1.807) is 24.3 Å². The van der Waals surface area contributed by atoms with E-state index in [1.165, 1.54) is 5.56 Å². The number of nitriles is 1. The fraction of sp³-hybridized carbons (Fsp3) is 0.440. The SMILES string of the molecule is CC(C)(C)c1ccc(C2(O)C[C@H]3CN(C(=O)Nc4cccc(C#N)c4)C[C@H]3C2)cc1. The topological polar surface area (TPSA) is 76.4 Å². The lowest BCUT2D eigenvalue weighted by atomic mass is 9.84. The van der Waals surface area contributed by atoms with Crippen molar-refractivity contribution in [2.75, 3.05) is 18.4 Å². The molecule has 0 bridgehead atoms. The van der Waals surface area contributed by atoms with Gasteiger partial charge in [-0.05, 0) is 59.4 Å². The molecule has 30 heavy (non-hydrogen) atoms. The Bertz CT molecular complexity index is 971. The highest BCUT2D eigenvalue weighted by atomic mass is 16.3. The third kappa shape index (κ3) is 3.93. The highest BCUT2D eigenvalue weighted by molar-refractivity contribution is 5.89. The van der Waals surface area contributed by atoms with Gasteiger partial charge in [-0.3, -0.25) is 0 Å². The number of aliphatic hydroxyl groups is 1. The van der Waals surface area contributed by atoms with Crippen LogP contribution in [0.3, 0.4) is 0 Å². The van der Waals surface area contributed by atoms with Crippen LogP contribution in [0.4, 0.5) is 10.5 Å². The van der Waals surface area contributed by atoms with Crippen LogP contribution < -0.4 is 5.32 Å². The molecule has 2 amide bonds. The van der Waals surface area contributed by atoms with Crippen LogP contribution >= 0.6 is 0 Å². The summed E-state index contributed by atoms with van der Waals surface area (Å²) in [5, 5.41) is 23.2. The molecule has 2 N–H and O–H groups in total. The van der Waals surface area contributed by atoms with Crippen LogP contribution in [-0.2, 0) is 11.0 Å². The summed E-state index contributed by atoms with van der Waals surface area (Å²) in [5.41, 5.74) is 2.68. The molecule has 2 aromatic carbocycles. The zero-order valence-electron chi connectivity index (χ0n) is 17.9. The van der Waals surface area contributed by atoms with Crippen molar-refractivity contribution in [3.05, 3.63) is 65.2 Å². The number of hydrogen-bond acceptors (Lipinski definition) is 3. The molecule has 4 rings (SSSR count). The van der Waals surface area contributed by atoms with Gasteiger partial charge >= 0.3 is 6.03 Å². The van der Waals surface area contributed by atoms with Crippen molar-refractivity contribution in [2.24, 2.45) is 11.8 Å². The number of hydrogen-bond donors (Lipinski definition) is 2. The average molecular weight is 404 g/mol. The molecule has 5 heteroatoms. The zero-order valence-corrected chi connectivity index (χ0v) is 17.9. The number of benzene rings is 2. The first-order valence-electron chi connectivity index (χ1n) is 10.6. The summed E-state index contributed by atoms with van der Waals surface area (Å²) in [6.07, 6.45) is 1.36. The number of anilines is 1. The third-order valence-electron chi connectivity index (χ3n) is 6.59. The Morgan fingerprint density at radius 3 is 2.33 bits per heavy atom. The van der Waals surface area contributed by atoms with Gasteiger partial charge in [-0.1, -0.05) is 51.1 Å². The number of amides is 2. The predicted molar refractivity (Wildman–Crippen MR) is 117 cm³/mol. The van der Waals surface area contributed by atoms with E-state index in [9.17, 15) is 9.90 Å². The monoisotopic (exact) mass is 403 g/mol. The minimum Gasteiger partial charge on any atom is -0.385 e. The number of nitrogens with one attached hydrogen (secondary N) is 1. The minimum atomic E-state index is -0.810. The van der Waals surface area contributed by atoms with Crippen molar-refractivity contribution in [2.45, 2.75) is 44.6 Å². The molecule has 1 aliphatic carbocycles. The molecule has 1 saturated heterocycles. The Labute approximate surface area is 178 Å². The molecule has 0 spiro atoms. The van der Waals surface area contributed by atoms with Crippen LogP contribution in [0, 0.1) is 23.2 Å². The van der Waals surface area contributed by atoms with Crippen molar-refractivity contribution < 1.29 is 9.90 Å². The van der Waals surface area contributed by atoms with Crippen molar-refractivity contribution in [1.29, 1.82) is 5.26 Å². The lowest BCUT2D eigenvalue weighted by Gasteiger charge is -2.28. The Balaban J connectivity index is 1.39. The van der Waals surface area contributed by atoms with Gasteiger partial charge in [0, 0.05) is 18.8 Å². The van der Waals surface area contributed by atoms with Crippen LogP contribution in [-0.4, -0.2) is 29.1 Å². The summed E-state index contributed by atoms with van der Waals surface area (Å²) in [4.78, 5) is 14.5. The maximum atomic E-state index is 12.7. The second-order valence-corrected chi connectivity index (χ2v) is 9.82. The summed E-state index contributed by atoms with van der Waals surface area (Å²) in [6, 6.07) is 17.3. The molecule has 1 unspecified atom stereocenters. The zero-order chi connectivity index (χ0) is 21.5. The molecule has 1 aliphatic heterocycles. The van der Waals surface area contributed by atoms with Gasteiger partial charge in [0.25, 0.3) is 0 Å². The molecule has 2 aliphatic rings. The minimum absolute atomic E-state index is 0.0912. The highest BCUT2D eigenvalue weighted by Gasteiger charge is 2.49. The molecule has 0 aromatic heterocycles. The maximum Gasteiger partial charge on any atom is 0.321 e. The van der Waals surface area contributed by atoms with E-state index in [0.717, 1.165) is 5.56 Å². The second-order valence-electron chi connectivity index (χ2n) is 9.82. The van der Waals surface area contributed by atoms with E-state index >= 15 is 0 Å². The van der Waals surface area contributed by atoms with E-state index in [0.29, 0.717) is 49.0 Å². The molecule has 156 valence electrons. The van der Waals surface area contributed by atoms with Gasteiger partial charge in [-0.25, -0.2) is 4.79 Å². The predicted octanol–water partition coefficient (Wildman–Crippen LogP) is 4.62. The van der Waals surface area contributed by atoms with Crippen LogP contribution in [0.25, 0.3) is 0 Å². The molecular formula is C25H29N3O2. The average Bonchev–Trinajstić information content (AvgIpc) is 3.23. The molecule has 1 saturated carbocycles. The van der Waals surface area contributed by atoms with E-state index < -0.39 is 5.60 Å². The second kappa shape index (κ2) is 7.45. The lowest BCUT2D eigenvalue weighted by molar-refractivity contribution is 0.0328. The number of nitrogens with zero attached hydrogens (tertiary/aromatic N) is 2. The largest absolute Gasteiger partial charge is 0.385 e. The first kappa shape index (κ1) is 20.4. The van der Waals surface area contributed by atoms with Gasteiger partial charge in [0.15, 0.2) is 0 Å². The Hall–Kier alpha value is -2.84. The quantitative estimate of drug-likeness (QED) is 0.768. The fourth-order valence-corrected chi connectivity index (χ4v) is 4.90. The maximum absolute atomic E-state index is 12.7. The molecule has 2 fully saturated rings. The normalized spacial score (nSPS) is 25.6. The highest BCUT2D eigenvalue weighted by Crippen LogP contribution is 2.49. The van der Waals surface area contributed by atoms with Crippen molar-refractivity contribution >= 4 is 11.7 Å². The standard InChI is InChI=1S/C25H29N3O2/c1-24(2,3)20-7-9-21(10-8-20)25(30)12-18-15-28(16-19(18)13-25)23(29)27-22-6-4-5-17(11-22)14-26/h4-11,18-19,30H,12-13,15-16H2,1-3H3,(H,27,29)/t18-,19+,25?. The van der Waals surface area contributed by atoms with Crippen LogP contribution in [0.2, 0.25) is 0 Å². The van der Waals surface area contributed by atoms with E-state index in [-0.39, 0.29) is 11.4 Å². The Morgan fingerprint density at radius 1 is 1.13 bits per heavy atom. The lowest BCUT2D eigenvalue weighted by Crippen LogP contribution is -2.35. The molecule has 0 radical (unpaired) electrons. The first-order chi connectivity index (χ1) is 14.2. The molecule has 2 aromatic rings. The first-order valence-corrected chi connectivity index (χ1v) is 10.6. The number of urea groups is 1. The molecule has 3 atom stereocenters. The summed E-state index contributed by atoms with van der Waals surface area (Å²) in [7, 11) is 0. The Morgan fingerprint density at radius 2 is 1.77 bits per heavy atom. The summed E-state index contributed by atoms with van der Waals surface area (Å²) >= 11 is 0. The van der Waals surface area contributed by atoms with E-state index in [1.807, 2.05) is 4.90 Å². The number of carbonyl (C=O) groups is 1. The van der Waals surface area contributed by atoms with Gasteiger partial charge in [-0.2, -0.15) is 5.26 Å². The van der Waals surface area contributed by atoms with Crippen molar-refractivity contribution in [3.63, 3.8) is 0 Å². The van der Waals surface area contributed by atoms with Gasteiger partial charge in [0.05, 0.1) is 17.2 Å². The smallest absolute Gasteiger partial charge is 0.321 e. The number of carbonyl (C=O) groups excluding carboxylic acids is 1. The molecule has 5 nitrogen and oxygen atoms in total. The van der Waals surface area contributed by atoms with Crippen LogP contribution in [0.1, 0.15) is 50.3 Å². The van der Waals surface area contributed by atoms with Crippen molar-refractivity contribution in [1.82, 2.24) is 4.90 Å². The van der Waals surface area contributed by atoms with Gasteiger partial charge in [0.1, 0.15) is 0 Å². The van der Waals surface area contributed by atoms with E-state index in [2.05, 4.69) is 56.4 Å². The number of rotatable bonds is 2. The van der Waals surface area contributed by atoms with Gasteiger partial charge < -0.3 is 15.3 Å². The van der Waals surface area contributed by atoms with E-state index in [4.69, 9.17) is 5.26 Å². The number of fused-ring (bicyclic) bond motifs is 1. The molecular weight excluding hydrogens is 374 g/mol. The summed E-state index contributed by atoms with van der Waals surface area (Å²) < 4.78 is 0. The van der Waals surface area contributed by atoms with Gasteiger partial charge in [0.2, 0.25) is 0 Å². The summed E-state index contributed by atoms with van der Waals surface area (Å²) in [5.74, 6) is 0.599. The fourth-order valence-electron chi connectivity index (χ4n) is 4.90. The Kier molecular flexibility index (Phi) is 5.07. The summed E-state index contributed by atoms with van der Waals surface area (Å²) in [6.45, 7) is 7.86.